The van der Waals surface area contributed by atoms with Gasteiger partial charge in [0.05, 0.1) is 4.88 Å². The first-order valence-corrected chi connectivity index (χ1v) is 8.60. The summed E-state index contributed by atoms with van der Waals surface area (Å²) in [7, 11) is 0. The Bertz CT molecular complexity index is 506. The van der Waals surface area contributed by atoms with Crippen molar-refractivity contribution in [3.63, 3.8) is 0 Å². The number of nitrogens with zero attached hydrogens (tertiary/aromatic N) is 1. The third kappa shape index (κ3) is 4.66. The van der Waals surface area contributed by atoms with Crippen LogP contribution < -0.4 is 5.32 Å². The molecule has 0 aliphatic carbocycles. The molecule has 2 aromatic rings. The maximum Gasteiger partial charge on any atom is 0.133 e. The molecule has 0 aliphatic rings. The summed E-state index contributed by atoms with van der Waals surface area (Å²) in [6.07, 6.45) is 4.09. The predicted molar refractivity (Wildman–Crippen MR) is 87.2 cm³/mol. The van der Waals surface area contributed by atoms with Gasteiger partial charge in [-0.25, -0.2) is 4.98 Å². The zero-order valence-corrected chi connectivity index (χ0v) is 13.7. The number of aliphatic hydroxyl groups is 1. The third-order valence-electron chi connectivity index (χ3n) is 3.22. The Morgan fingerprint density at radius 1 is 1.40 bits per heavy atom. The topological polar surface area (TPSA) is 45.1 Å². The molecule has 0 atom stereocenters. The van der Waals surface area contributed by atoms with E-state index in [4.69, 9.17) is 0 Å². The summed E-state index contributed by atoms with van der Waals surface area (Å²) in [5.41, 5.74) is 0.0402. The summed E-state index contributed by atoms with van der Waals surface area (Å²) >= 11 is 3.49. The van der Waals surface area contributed by atoms with Gasteiger partial charge in [0.15, 0.2) is 0 Å². The van der Waals surface area contributed by atoms with Crippen LogP contribution in [0.15, 0.2) is 23.7 Å². The van der Waals surface area contributed by atoms with Crippen LogP contribution in [0.3, 0.4) is 0 Å². The first-order valence-electron chi connectivity index (χ1n) is 6.91. The first-order chi connectivity index (χ1) is 9.61. The molecule has 0 bridgehead atoms. The summed E-state index contributed by atoms with van der Waals surface area (Å²) in [6.45, 7) is 6.32. The van der Waals surface area contributed by atoms with Crippen molar-refractivity contribution in [2.75, 3.05) is 13.2 Å². The summed E-state index contributed by atoms with van der Waals surface area (Å²) in [5, 5.41) is 15.8. The molecule has 0 unspecified atom stereocenters. The van der Waals surface area contributed by atoms with Gasteiger partial charge in [0.2, 0.25) is 0 Å². The van der Waals surface area contributed by atoms with Crippen molar-refractivity contribution in [2.45, 2.75) is 33.2 Å². The maximum absolute atomic E-state index is 9.20. The Hall–Kier alpha value is -0.750. The minimum Gasteiger partial charge on any atom is -0.396 e. The zero-order chi connectivity index (χ0) is 14.4. The van der Waals surface area contributed by atoms with Gasteiger partial charge in [0, 0.05) is 24.2 Å². The zero-order valence-electron chi connectivity index (χ0n) is 12.1. The lowest BCUT2D eigenvalue weighted by molar-refractivity contribution is 0.148. The molecular weight excluding hydrogens is 288 g/mol. The van der Waals surface area contributed by atoms with Crippen LogP contribution in [-0.2, 0) is 6.54 Å². The van der Waals surface area contributed by atoms with Crippen molar-refractivity contribution < 1.29 is 5.11 Å². The van der Waals surface area contributed by atoms with E-state index in [-0.39, 0.29) is 12.0 Å². The number of thiazole rings is 1. The first kappa shape index (κ1) is 15.6. The average Bonchev–Trinajstić information content (AvgIpc) is 3.09. The fraction of sp³-hybridized carbons (Fsp3) is 0.533. The van der Waals surface area contributed by atoms with E-state index in [0.717, 1.165) is 30.9 Å². The van der Waals surface area contributed by atoms with E-state index in [9.17, 15) is 5.11 Å². The predicted octanol–water partition coefficient (Wildman–Crippen LogP) is 3.76. The molecule has 110 valence electrons. The van der Waals surface area contributed by atoms with E-state index in [1.807, 2.05) is 6.20 Å². The number of rotatable bonds is 8. The lowest BCUT2D eigenvalue weighted by atomic mass is 9.89. The van der Waals surface area contributed by atoms with Gasteiger partial charge in [-0.05, 0) is 36.2 Å². The molecule has 0 saturated carbocycles. The molecule has 0 aliphatic heterocycles. The Morgan fingerprint density at radius 2 is 2.25 bits per heavy atom. The number of aliphatic hydroxyl groups excluding tert-OH is 1. The standard InChI is InChI=1S/C15H22N2OS2/c1-15(2,11-18)6-4-7-16-9-12-10-17-14(20-12)13-5-3-8-19-13/h3,5,8,10,16,18H,4,6-7,9,11H2,1-2H3. The van der Waals surface area contributed by atoms with E-state index >= 15 is 0 Å². The van der Waals surface area contributed by atoms with Gasteiger partial charge in [0.1, 0.15) is 5.01 Å². The third-order valence-corrected chi connectivity index (χ3v) is 5.26. The minimum absolute atomic E-state index is 0.0402. The fourth-order valence-electron chi connectivity index (χ4n) is 1.89. The second-order valence-electron chi connectivity index (χ2n) is 5.71. The number of aromatic nitrogens is 1. The number of hydrogen-bond donors (Lipinski definition) is 2. The van der Waals surface area contributed by atoms with Crippen molar-refractivity contribution in [1.82, 2.24) is 10.3 Å². The second kappa shape index (κ2) is 7.31. The number of hydrogen-bond acceptors (Lipinski definition) is 5. The van der Waals surface area contributed by atoms with Crippen LogP contribution in [0.1, 0.15) is 31.6 Å². The van der Waals surface area contributed by atoms with E-state index in [2.05, 4.69) is 41.7 Å². The van der Waals surface area contributed by atoms with E-state index < -0.39 is 0 Å². The lowest BCUT2D eigenvalue weighted by Crippen LogP contribution is -2.20. The van der Waals surface area contributed by atoms with Crippen molar-refractivity contribution in [1.29, 1.82) is 0 Å². The van der Waals surface area contributed by atoms with Gasteiger partial charge in [-0.3, -0.25) is 0 Å². The Balaban J connectivity index is 1.70. The minimum atomic E-state index is 0.0402. The molecule has 3 nitrogen and oxygen atoms in total. The van der Waals surface area contributed by atoms with Gasteiger partial charge >= 0.3 is 0 Å². The molecule has 2 N–H and O–H groups in total. The molecule has 0 fully saturated rings. The van der Waals surface area contributed by atoms with Crippen molar-refractivity contribution in [3.8, 4) is 9.88 Å². The molecule has 2 heterocycles. The summed E-state index contributed by atoms with van der Waals surface area (Å²) < 4.78 is 0. The van der Waals surface area contributed by atoms with Gasteiger partial charge in [-0.2, -0.15) is 0 Å². The Labute approximate surface area is 128 Å². The lowest BCUT2D eigenvalue weighted by Gasteiger charge is -2.21. The molecule has 0 amide bonds. The molecule has 0 spiro atoms. The molecule has 0 radical (unpaired) electrons. The highest BCUT2D eigenvalue weighted by atomic mass is 32.1. The Kier molecular flexibility index (Phi) is 5.72. The van der Waals surface area contributed by atoms with Crippen LogP contribution >= 0.6 is 22.7 Å². The number of thiophene rings is 1. The van der Waals surface area contributed by atoms with Gasteiger partial charge < -0.3 is 10.4 Å². The average molecular weight is 310 g/mol. The fourth-order valence-corrected chi connectivity index (χ4v) is 3.57. The Morgan fingerprint density at radius 3 is 2.95 bits per heavy atom. The van der Waals surface area contributed by atoms with Gasteiger partial charge in [0.25, 0.3) is 0 Å². The summed E-state index contributed by atoms with van der Waals surface area (Å²) in [5.74, 6) is 0. The van der Waals surface area contributed by atoms with Crippen LogP contribution in [0.25, 0.3) is 9.88 Å². The highest BCUT2D eigenvalue weighted by molar-refractivity contribution is 7.20. The molecule has 20 heavy (non-hydrogen) atoms. The summed E-state index contributed by atoms with van der Waals surface area (Å²) in [4.78, 5) is 6.98. The molecule has 0 saturated heterocycles. The van der Waals surface area contributed by atoms with Crippen LogP contribution in [0.4, 0.5) is 0 Å². The SMILES string of the molecule is CC(C)(CO)CCCNCc1cnc(-c2cccs2)s1. The van der Waals surface area contributed by atoms with Gasteiger partial charge in [-0.1, -0.05) is 19.9 Å². The normalized spacial score (nSPS) is 11.9. The van der Waals surface area contributed by atoms with Crippen LogP contribution in [0.5, 0.6) is 0 Å². The quantitative estimate of drug-likeness (QED) is 0.730. The van der Waals surface area contributed by atoms with Crippen LogP contribution in [0.2, 0.25) is 0 Å². The van der Waals surface area contributed by atoms with Crippen LogP contribution in [-0.4, -0.2) is 23.2 Å². The summed E-state index contributed by atoms with van der Waals surface area (Å²) in [6, 6.07) is 4.17. The van der Waals surface area contributed by atoms with Crippen molar-refractivity contribution in [3.05, 3.63) is 28.6 Å². The maximum atomic E-state index is 9.20. The van der Waals surface area contributed by atoms with E-state index in [1.165, 1.54) is 9.75 Å². The highest BCUT2D eigenvalue weighted by Crippen LogP contribution is 2.28. The van der Waals surface area contributed by atoms with E-state index in [0.29, 0.717) is 0 Å². The highest BCUT2D eigenvalue weighted by Gasteiger charge is 2.15. The number of nitrogens with one attached hydrogen (secondary N) is 1. The van der Waals surface area contributed by atoms with Crippen LogP contribution in [0, 0.1) is 5.41 Å². The van der Waals surface area contributed by atoms with E-state index in [1.54, 1.807) is 22.7 Å². The molecule has 2 rings (SSSR count). The van der Waals surface area contributed by atoms with Gasteiger partial charge in [-0.15, -0.1) is 22.7 Å². The van der Waals surface area contributed by atoms with Crippen molar-refractivity contribution in [2.24, 2.45) is 5.41 Å². The second-order valence-corrected chi connectivity index (χ2v) is 7.77. The smallest absolute Gasteiger partial charge is 0.133 e. The molecular formula is C15H22N2OS2. The van der Waals surface area contributed by atoms with Crippen molar-refractivity contribution >= 4 is 22.7 Å². The largest absolute Gasteiger partial charge is 0.396 e. The molecule has 5 heteroatoms. The monoisotopic (exact) mass is 310 g/mol. The molecule has 0 aromatic carbocycles. The molecule has 2 aromatic heterocycles.